The van der Waals surface area contributed by atoms with Crippen LogP contribution in [0.4, 0.5) is 19.1 Å². The minimum Gasteiger partial charge on any atom is -0.364 e. The zero-order valence-electron chi connectivity index (χ0n) is 10.0. The Morgan fingerprint density at radius 2 is 2.10 bits per heavy atom. The van der Waals surface area contributed by atoms with E-state index in [1.54, 1.807) is 6.92 Å². The van der Waals surface area contributed by atoms with Crippen LogP contribution in [-0.2, 0) is 6.18 Å². The van der Waals surface area contributed by atoms with E-state index >= 15 is 0 Å². The Morgan fingerprint density at radius 1 is 1.40 bits per heavy atom. The molecular weight excluding hydrogens is 279 g/mol. The van der Waals surface area contributed by atoms with Crippen LogP contribution in [0.5, 0.6) is 0 Å². The van der Waals surface area contributed by atoms with Gasteiger partial charge in [-0.25, -0.2) is 0 Å². The first kappa shape index (κ1) is 13.8. The molecule has 6 nitrogen and oxygen atoms in total. The predicted molar refractivity (Wildman–Crippen MR) is 61.3 cm³/mol. The lowest BCUT2D eigenvalue weighted by atomic mass is 10.2. The third kappa shape index (κ3) is 2.87. The van der Waals surface area contributed by atoms with Crippen LogP contribution in [-0.4, -0.2) is 16.0 Å². The van der Waals surface area contributed by atoms with E-state index in [1.807, 2.05) is 5.32 Å². The molecule has 0 aromatic carbocycles. The van der Waals surface area contributed by atoms with Crippen LogP contribution in [0.3, 0.4) is 0 Å². The van der Waals surface area contributed by atoms with Crippen molar-refractivity contribution >= 4 is 11.8 Å². The molecule has 2 aromatic rings. The van der Waals surface area contributed by atoms with Gasteiger partial charge in [0, 0.05) is 24.0 Å². The molecule has 0 aliphatic heterocycles. The minimum atomic E-state index is -4.67. The second-order valence-electron chi connectivity index (χ2n) is 3.92. The third-order valence-electron chi connectivity index (χ3n) is 2.34. The lowest BCUT2D eigenvalue weighted by Crippen LogP contribution is -2.21. The summed E-state index contributed by atoms with van der Waals surface area (Å²) < 4.78 is 41.2. The second-order valence-corrected chi connectivity index (χ2v) is 3.92. The van der Waals surface area contributed by atoms with Gasteiger partial charge in [-0.3, -0.25) is 14.9 Å². The molecule has 0 unspecified atom stereocenters. The fraction of sp³-hybridized carbons (Fsp3) is 0.182. The molecule has 106 valence electrons. The first-order chi connectivity index (χ1) is 9.27. The standard InChI is InChI=1S/C11H8F3N3O3/c1-5-2-7(18)6(4-15-5)10(19)16-9-3-8(17-20-9)11(12,13)14/h2-4H,1H3,(H,15,18)(H,16,19). The van der Waals surface area contributed by atoms with E-state index in [9.17, 15) is 22.8 Å². The van der Waals surface area contributed by atoms with Gasteiger partial charge >= 0.3 is 6.18 Å². The van der Waals surface area contributed by atoms with Crippen molar-refractivity contribution in [1.29, 1.82) is 0 Å². The number of carbonyl (C=O) groups is 1. The largest absolute Gasteiger partial charge is 0.436 e. The summed E-state index contributed by atoms with van der Waals surface area (Å²) in [6, 6.07) is 1.72. The van der Waals surface area contributed by atoms with E-state index in [-0.39, 0.29) is 5.56 Å². The molecule has 0 fully saturated rings. The molecule has 9 heteroatoms. The van der Waals surface area contributed by atoms with Gasteiger partial charge in [0.15, 0.2) is 11.1 Å². The zero-order chi connectivity index (χ0) is 14.9. The summed E-state index contributed by atoms with van der Waals surface area (Å²) in [6.45, 7) is 1.62. The third-order valence-corrected chi connectivity index (χ3v) is 2.34. The molecule has 2 N–H and O–H groups in total. The van der Waals surface area contributed by atoms with E-state index in [0.717, 1.165) is 6.20 Å². The van der Waals surface area contributed by atoms with Crippen LogP contribution in [0, 0.1) is 6.92 Å². The normalized spacial score (nSPS) is 11.4. The number of nitrogens with zero attached hydrogens (tertiary/aromatic N) is 1. The number of rotatable bonds is 2. The van der Waals surface area contributed by atoms with Gasteiger partial charge in [-0.2, -0.15) is 13.2 Å². The maximum absolute atomic E-state index is 12.3. The number of aromatic amines is 1. The number of aromatic nitrogens is 2. The highest BCUT2D eigenvalue weighted by atomic mass is 19.4. The fourth-order valence-electron chi connectivity index (χ4n) is 1.40. The van der Waals surface area contributed by atoms with Gasteiger partial charge in [0.1, 0.15) is 5.56 Å². The molecule has 0 atom stereocenters. The molecule has 20 heavy (non-hydrogen) atoms. The Morgan fingerprint density at radius 3 is 2.65 bits per heavy atom. The lowest BCUT2D eigenvalue weighted by molar-refractivity contribution is -0.142. The smallest absolute Gasteiger partial charge is 0.364 e. The summed E-state index contributed by atoms with van der Waals surface area (Å²) in [5.41, 5.74) is -1.54. The number of H-pyrrole nitrogens is 1. The molecule has 0 aliphatic rings. The first-order valence-corrected chi connectivity index (χ1v) is 5.32. The topological polar surface area (TPSA) is 88.0 Å². The second kappa shape index (κ2) is 4.83. The number of hydrogen-bond acceptors (Lipinski definition) is 4. The van der Waals surface area contributed by atoms with Crippen molar-refractivity contribution in [2.75, 3.05) is 5.32 Å². The van der Waals surface area contributed by atoms with E-state index in [1.165, 1.54) is 6.07 Å². The van der Waals surface area contributed by atoms with Crippen molar-refractivity contribution in [3.63, 3.8) is 0 Å². The molecular formula is C11H8F3N3O3. The van der Waals surface area contributed by atoms with Crippen molar-refractivity contribution in [1.82, 2.24) is 10.1 Å². The Balaban J connectivity index is 2.20. The highest BCUT2D eigenvalue weighted by molar-refractivity contribution is 6.03. The molecule has 0 bridgehead atoms. The Labute approximate surface area is 109 Å². The predicted octanol–water partition coefficient (Wildman–Crippen LogP) is 1.94. The average molecular weight is 287 g/mol. The maximum atomic E-state index is 12.3. The summed E-state index contributed by atoms with van der Waals surface area (Å²) in [7, 11) is 0. The van der Waals surface area contributed by atoms with Crippen molar-refractivity contribution in [3.8, 4) is 0 Å². The van der Waals surface area contributed by atoms with Crippen molar-refractivity contribution < 1.29 is 22.5 Å². The van der Waals surface area contributed by atoms with Gasteiger partial charge in [-0.05, 0) is 6.92 Å². The van der Waals surface area contributed by atoms with Gasteiger partial charge in [0.25, 0.3) is 5.91 Å². The molecule has 2 rings (SSSR count). The van der Waals surface area contributed by atoms with E-state index in [4.69, 9.17) is 0 Å². The van der Waals surface area contributed by atoms with Crippen molar-refractivity contribution in [2.24, 2.45) is 0 Å². The number of anilines is 1. The molecule has 0 saturated carbocycles. The van der Waals surface area contributed by atoms with Crippen LogP contribution < -0.4 is 10.7 Å². The van der Waals surface area contributed by atoms with Crippen LogP contribution in [0.1, 0.15) is 21.7 Å². The van der Waals surface area contributed by atoms with Crippen LogP contribution in [0.15, 0.2) is 27.6 Å². The molecule has 0 aliphatic carbocycles. The van der Waals surface area contributed by atoms with Gasteiger partial charge in [-0.15, -0.1) is 0 Å². The molecule has 2 aromatic heterocycles. The molecule has 0 saturated heterocycles. The van der Waals surface area contributed by atoms with Crippen molar-refractivity contribution in [3.05, 3.63) is 45.5 Å². The number of aryl methyl sites for hydroxylation is 1. The Kier molecular flexibility index (Phi) is 3.35. The quantitative estimate of drug-likeness (QED) is 0.883. The number of pyridine rings is 1. The Hall–Kier alpha value is -2.58. The van der Waals surface area contributed by atoms with E-state index in [2.05, 4.69) is 14.7 Å². The lowest BCUT2D eigenvalue weighted by Gasteiger charge is -2.01. The number of carbonyl (C=O) groups excluding carboxylic acids is 1. The summed E-state index contributed by atoms with van der Waals surface area (Å²) in [6.07, 6.45) is -3.51. The van der Waals surface area contributed by atoms with Crippen LogP contribution in [0.25, 0.3) is 0 Å². The number of alkyl halides is 3. The van der Waals surface area contributed by atoms with Gasteiger partial charge in [0.2, 0.25) is 5.88 Å². The number of amides is 1. The number of hydrogen-bond donors (Lipinski definition) is 2. The summed E-state index contributed by atoms with van der Waals surface area (Å²) in [4.78, 5) is 25.9. The molecule has 0 spiro atoms. The zero-order valence-corrected chi connectivity index (χ0v) is 10.0. The van der Waals surface area contributed by atoms with Crippen molar-refractivity contribution in [2.45, 2.75) is 13.1 Å². The summed E-state index contributed by atoms with van der Waals surface area (Å²) in [5, 5.41) is 4.79. The number of halogens is 3. The summed E-state index contributed by atoms with van der Waals surface area (Å²) in [5.74, 6) is -1.39. The fourth-order valence-corrected chi connectivity index (χ4v) is 1.40. The van der Waals surface area contributed by atoms with E-state index < -0.39 is 29.1 Å². The van der Waals surface area contributed by atoms with E-state index in [0.29, 0.717) is 11.8 Å². The summed E-state index contributed by atoms with van der Waals surface area (Å²) >= 11 is 0. The van der Waals surface area contributed by atoms with Gasteiger partial charge < -0.3 is 9.51 Å². The minimum absolute atomic E-state index is 0.249. The molecule has 1 amide bonds. The number of nitrogens with one attached hydrogen (secondary N) is 2. The van der Waals surface area contributed by atoms with Crippen LogP contribution >= 0.6 is 0 Å². The maximum Gasteiger partial charge on any atom is 0.436 e. The van der Waals surface area contributed by atoms with Gasteiger partial charge in [0.05, 0.1) is 0 Å². The monoisotopic (exact) mass is 287 g/mol. The molecule has 0 radical (unpaired) electrons. The van der Waals surface area contributed by atoms with Gasteiger partial charge in [-0.1, -0.05) is 5.16 Å². The van der Waals surface area contributed by atoms with Crippen LogP contribution in [0.2, 0.25) is 0 Å². The SMILES string of the molecule is Cc1cc(=O)c(C(=O)Nc2cc(C(F)(F)F)no2)c[nH]1. The first-order valence-electron chi connectivity index (χ1n) is 5.32. The molecule has 2 heterocycles. The highest BCUT2D eigenvalue weighted by Crippen LogP contribution is 2.29. The highest BCUT2D eigenvalue weighted by Gasteiger charge is 2.35. The Bertz CT molecular complexity index is 703. The average Bonchev–Trinajstić information content (AvgIpc) is 2.76.